The van der Waals surface area contributed by atoms with Crippen LogP contribution in [0.2, 0.25) is 0 Å². The molecule has 43 heavy (non-hydrogen) atoms. The fourth-order valence-electron chi connectivity index (χ4n) is 5.50. The molecule has 0 saturated heterocycles. The van der Waals surface area contributed by atoms with Crippen LogP contribution in [0.5, 0.6) is 0 Å². The van der Waals surface area contributed by atoms with Gasteiger partial charge in [-0.2, -0.15) is 0 Å². The highest BCUT2D eigenvalue weighted by Crippen LogP contribution is 2.32. The summed E-state index contributed by atoms with van der Waals surface area (Å²) in [5.41, 5.74) is 11.1. The van der Waals surface area contributed by atoms with Crippen LogP contribution in [-0.2, 0) is 36.9 Å². The van der Waals surface area contributed by atoms with Crippen molar-refractivity contribution in [3.63, 3.8) is 0 Å². The van der Waals surface area contributed by atoms with E-state index in [9.17, 15) is 29.1 Å². The second-order valence-corrected chi connectivity index (χ2v) is 11.3. The first-order valence-corrected chi connectivity index (χ1v) is 14.5. The Bertz CT molecular complexity index is 1420. The summed E-state index contributed by atoms with van der Waals surface area (Å²) in [6.45, 7) is 5.60. The number of ketones is 1. The minimum atomic E-state index is -0.859. The van der Waals surface area contributed by atoms with E-state index in [2.05, 4.69) is 26.8 Å². The van der Waals surface area contributed by atoms with Crippen LogP contribution in [-0.4, -0.2) is 47.0 Å². The number of rotatable bonds is 10. The minimum absolute atomic E-state index is 0.00379. The molecule has 1 aromatic rings. The molecule has 0 fully saturated rings. The van der Waals surface area contributed by atoms with Gasteiger partial charge in [0.2, 0.25) is 11.7 Å². The summed E-state index contributed by atoms with van der Waals surface area (Å²) < 4.78 is 0. The van der Waals surface area contributed by atoms with Gasteiger partial charge in [0.25, 0.3) is 5.91 Å². The Morgan fingerprint density at radius 3 is 2.60 bits per heavy atom. The highest BCUT2D eigenvalue weighted by atomic mass is 16.4. The number of carbonyl (C=O) groups is 5. The van der Waals surface area contributed by atoms with Gasteiger partial charge in [0.15, 0.2) is 6.29 Å². The second kappa shape index (κ2) is 14.1. The maximum absolute atomic E-state index is 13.0. The van der Waals surface area contributed by atoms with Crippen molar-refractivity contribution in [1.82, 2.24) is 26.8 Å². The van der Waals surface area contributed by atoms with Crippen molar-refractivity contribution < 1.29 is 29.1 Å². The van der Waals surface area contributed by atoms with Gasteiger partial charge in [-0.3, -0.25) is 24.0 Å². The van der Waals surface area contributed by atoms with Gasteiger partial charge in [0, 0.05) is 18.3 Å². The highest BCUT2D eigenvalue weighted by molar-refractivity contribution is 6.32. The first-order valence-electron chi connectivity index (χ1n) is 14.5. The predicted octanol–water partition coefficient (Wildman–Crippen LogP) is 2.17. The Balaban J connectivity index is 1.32. The van der Waals surface area contributed by atoms with E-state index in [1.165, 1.54) is 5.56 Å². The van der Waals surface area contributed by atoms with Gasteiger partial charge in [0.1, 0.15) is 11.7 Å². The van der Waals surface area contributed by atoms with Crippen LogP contribution in [0.4, 0.5) is 0 Å². The number of hydrazine groups is 1. The fraction of sp³-hybridized carbons (Fsp3) is 0.406. The number of hydrogen-bond donors (Lipinski definition) is 6. The van der Waals surface area contributed by atoms with Crippen molar-refractivity contribution in [2.45, 2.75) is 77.5 Å². The van der Waals surface area contributed by atoms with Crippen molar-refractivity contribution >= 4 is 29.9 Å². The van der Waals surface area contributed by atoms with E-state index >= 15 is 0 Å². The molecule has 1 heterocycles. The smallest absolute Gasteiger partial charge is 0.310 e. The number of amides is 2. The SMILES string of the molecule is C/C(=C\NC1CCc2ccc(CNC(=O)C3C=C(C(=O)NC4CC/C=C(\C)C(C(=O)O)C/C=C/4C)NN3)cc21)C(=O)C=O. The summed E-state index contributed by atoms with van der Waals surface area (Å²) in [7, 11) is 0. The lowest BCUT2D eigenvalue weighted by Crippen LogP contribution is -2.45. The van der Waals surface area contributed by atoms with E-state index in [1.54, 1.807) is 19.2 Å². The van der Waals surface area contributed by atoms with E-state index < -0.39 is 23.7 Å². The zero-order valence-corrected chi connectivity index (χ0v) is 24.7. The van der Waals surface area contributed by atoms with E-state index in [0.29, 0.717) is 37.7 Å². The number of nitrogens with one attached hydrogen (secondary N) is 5. The molecule has 0 spiro atoms. The Morgan fingerprint density at radius 1 is 1.07 bits per heavy atom. The lowest BCUT2D eigenvalue weighted by molar-refractivity contribution is -0.140. The van der Waals surface area contributed by atoms with Gasteiger partial charge in [-0.05, 0) is 75.6 Å². The molecule has 0 saturated carbocycles. The third-order valence-electron chi connectivity index (χ3n) is 8.27. The molecule has 228 valence electrons. The predicted molar refractivity (Wildman–Crippen MR) is 160 cm³/mol. The maximum Gasteiger partial charge on any atom is 0.310 e. The zero-order valence-electron chi connectivity index (χ0n) is 24.7. The normalized spacial score (nSPS) is 26.0. The van der Waals surface area contributed by atoms with Crippen molar-refractivity contribution in [2.75, 3.05) is 0 Å². The third-order valence-corrected chi connectivity index (χ3v) is 8.27. The summed E-state index contributed by atoms with van der Waals surface area (Å²) in [4.78, 5) is 59.8. The molecule has 0 aromatic heterocycles. The zero-order chi connectivity index (χ0) is 31.1. The molecule has 1 aromatic carbocycles. The van der Waals surface area contributed by atoms with Gasteiger partial charge in [-0.15, -0.1) is 0 Å². The molecule has 0 bridgehead atoms. The Kier molecular flexibility index (Phi) is 10.3. The number of aliphatic carboxylic acids is 1. The molecule has 1 aliphatic heterocycles. The topological polar surface area (TPSA) is 166 Å². The summed E-state index contributed by atoms with van der Waals surface area (Å²) in [5.74, 6) is -2.64. The number of carboxylic acids is 1. The number of aryl methyl sites for hydroxylation is 1. The molecule has 11 heteroatoms. The molecule has 3 aliphatic rings. The fourth-order valence-corrected chi connectivity index (χ4v) is 5.50. The van der Waals surface area contributed by atoms with Crippen LogP contribution in [0.25, 0.3) is 0 Å². The van der Waals surface area contributed by atoms with Crippen LogP contribution in [0, 0.1) is 5.92 Å². The van der Waals surface area contributed by atoms with Crippen LogP contribution in [0.3, 0.4) is 0 Å². The largest absolute Gasteiger partial charge is 0.481 e. The van der Waals surface area contributed by atoms with Crippen molar-refractivity contribution in [3.8, 4) is 0 Å². The van der Waals surface area contributed by atoms with Gasteiger partial charge >= 0.3 is 5.97 Å². The Hall–Kier alpha value is -4.51. The van der Waals surface area contributed by atoms with Crippen LogP contribution in [0.1, 0.15) is 69.2 Å². The molecule has 4 atom stereocenters. The number of allylic oxidation sites excluding steroid dienone is 3. The molecule has 0 radical (unpaired) electrons. The minimum Gasteiger partial charge on any atom is -0.481 e. The van der Waals surface area contributed by atoms with Crippen molar-refractivity contribution in [1.29, 1.82) is 0 Å². The standard InChI is InChI=1S/C32H39N5O6/c1-18-5-4-6-25(19(2)7-11-23(18)32(42)43)35-31(41)28-14-27(36-37-28)30(40)34-16-21-8-9-22-10-12-26(24(22)13-21)33-15-20(3)29(39)17-38/h5,7-9,13-15,17,23,25-27,33,36-37H,4,6,10-12,16H2,1-3H3,(H,34,40)(H,35,41)(H,42,43)/b18-5+,19-7+,20-15+. The molecule has 4 rings (SSSR count). The molecule has 2 amide bonds. The summed E-state index contributed by atoms with van der Waals surface area (Å²) in [6.07, 6.45) is 10.6. The number of benzene rings is 1. The Labute approximate surface area is 250 Å². The van der Waals surface area contributed by atoms with Gasteiger partial charge in [-0.1, -0.05) is 41.5 Å². The lowest BCUT2D eigenvalue weighted by atomic mass is 9.95. The second-order valence-electron chi connectivity index (χ2n) is 11.3. The maximum atomic E-state index is 13.0. The van der Waals surface area contributed by atoms with E-state index in [4.69, 9.17) is 0 Å². The first-order chi connectivity index (χ1) is 20.6. The van der Waals surface area contributed by atoms with Crippen LogP contribution in [0.15, 0.2) is 65.0 Å². The van der Waals surface area contributed by atoms with Crippen molar-refractivity contribution in [3.05, 3.63) is 81.7 Å². The molecule has 6 N–H and O–H groups in total. The number of carbonyl (C=O) groups excluding carboxylic acids is 4. The van der Waals surface area contributed by atoms with Crippen molar-refractivity contribution in [2.24, 2.45) is 5.92 Å². The molecule has 11 nitrogen and oxygen atoms in total. The molecular formula is C32H39N5O6. The number of carboxylic acid groups (broad SMARTS) is 1. The highest BCUT2D eigenvalue weighted by Gasteiger charge is 2.28. The lowest BCUT2D eigenvalue weighted by Gasteiger charge is -2.19. The number of aldehydes is 1. The van der Waals surface area contributed by atoms with Gasteiger partial charge < -0.3 is 26.5 Å². The summed E-state index contributed by atoms with van der Waals surface area (Å²) >= 11 is 0. The summed E-state index contributed by atoms with van der Waals surface area (Å²) in [5, 5.41) is 18.7. The number of Topliss-reactive ketones (excluding diaryl/α,β-unsaturated/α-hetero) is 1. The van der Waals surface area contributed by atoms with Gasteiger partial charge in [-0.25, -0.2) is 5.43 Å². The average molecular weight is 590 g/mol. The number of fused-ring (bicyclic) bond motifs is 1. The summed E-state index contributed by atoms with van der Waals surface area (Å²) in [6, 6.07) is 5.04. The van der Waals surface area contributed by atoms with E-state index in [0.717, 1.165) is 35.1 Å². The quantitative estimate of drug-likeness (QED) is 0.104. The third kappa shape index (κ3) is 7.86. The molecule has 4 unspecified atom stereocenters. The van der Waals surface area contributed by atoms with E-state index in [-0.39, 0.29) is 29.6 Å². The number of hydrogen-bond acceptors (Lipinski definition) is 8. The monoisotopic (exact) mass is 589 g/mol. The Morgan fingerprint density at radius 2 is 1.86 bits per heavy atom. The van der Waals surface area contributed by atoms with E-state index in [1.807, 2.05) is 44.2 Å². The first kappa shape index (κ1) is 31.4. The van der Waals surface area contributed by atoms with Crippen LogP contribution < -0.4 is 26.8 Å². The van der Waals surface area contributed by atoms with Crippen LogP contribution >= 0.6 is 0 Å². The molecular weight excluding hydrogens is 550 g/mol. The average Bonchev–Trinajstić information content (AvgIpc) is 3.65. The molecule has 2 aliphatic carbocycles. The van der Waals surface area contributed by atoms with Gasteiger partial charge in [0.05, 0.1) is 18.0 Å².